The fourth-order valence-corrected chi connectivity index (χ4v) is 2.47. The van der Waals surface area contributed by atoms with Crippen molar-refractivity contribution >= 4 is 21.6 Å². The third kappa shape index (κ3) is 3.19. The number of halogens is 1. The molecule has 0 saturated heterocycles. The summed E-state index contributed by atoms with van der Waals surface area (Å²) >= 11 is 5.86. The Morgan fingerprint density at radius 2 is 2.07 bits per heavy atom. The van der Waals surface area contributed by atoms with E-state index in [-0.39, 0.29) is 4.90 Å². The molecule has 0 aliphatic rings. The van der Waals surface area contributed by atoms with E-state index in [2.05, 4.69) is 4.72 Å². The molecular weight excluding hydrogens is 234 g/mol. The second-order valence-corrected chi connectivity index (χ2v) is 5.48. The van der Waals surface area contributed by atoms with E-state index in [1.807, 2.05) is 13.8 Å². The molecule has 0 heterocycles. The second kappa shape index (κ2) is 4.96. The van der Waals surface area contributed by atoms with Crippen LogP contribution in [0.2, 0.25) is 5.02 Å². The number of hydrogen-bond donors (Lipinski definition) is 1. The van der Waals surface area contributed by atoms with Gasteiger partial charge in [-0.3, -0.25) is 0 Å². The minimum Gasteiger partial charge on any atom is -0.211 e. The van der Waals surface area contributed by atoms with Gasteiger partial charge in [-0.2, -0.15) is 0 Å². The Balaban J connectivity index is 3.00. The topological polar surface area (TPSA) is 46.2 Å². The number of rotatable bonds is 4. The van der Waals surface area contributed by atoms with Gasteiger partial charge in [0.15, 0.2) is 0 Å². The van der Waals surface area contributed by atoms with Crippen LogP contribution in [-0.2, 0) is 10.0 Å². The van der Waals surface area contributed by atoms with Gasteiger partial charge in [-0.25, -0.2) is 13.1 Å². The molecule has 0 aliphatic carbocycles. The van der Waals surface area contributed by atoms with Crippen LogP contribution in [0.4, 0.5) is 0 Å². The largest absolute Gasteiger partial charge is 0.240 e. The molecular formula is C10H14ClNO2S. The summed E-state index contributed by atoms with van der Waals surface area (Å²) in [5, 5.41) is 0.467. The lowest BCUT2D eigenvalue weighted by molar-refractivity contribution is 0.581. The zero-order valence-electron chi connectivity index (χ0n) is 8.75. The highest BCUT2D eigenvalue weighted by atomic mass is 35.5. The van der Waals surface area contributed by atoms with Crippen molar-refractivity contribution in [3.8, 4) is 0 Å². The highest BCUT2D eigenvalue weighted by Crippen LogP contribution is 2.19. The average molecular weight is 248 g/mol. The molecule has 5 heteroatoms. The van der Waals surface area contributed by atoms with Crippen LogP contribution in [0.1, 0.15) is 18.9 Å². The Morgan fingerprint density at radius 1 is 1.40 bits per heavy atom. The van der Waals surface area contributed by atoms with E-state index in [9.17, 15) is 8.42 Å². The summed E-state index contributed by atoms with van der Waals surface area (Å²) in [5.74, 6) is 0. The standard InChI is InChI=1S/C10H14ClNO2S/c1-3-6-12-15(13,14)9-5-4-8(2)10(11)7-9/h4-5,7,12H,3,6H2,1-2H3. The predicted molar refractivity (Wildman–Crippen MR) is 61.7 cm³/mol. The van der Waals surface area contributed by atoms with E-state index in [0.717, 1.165) is 12.0 Å². The van der Waals surface area contributed by atoms with Crippen LogP contribution in [0, 0.1) is 6.92 Å². The Kier molecular flexibility index (Phi) is 4.13. The molecule has 0 amide bonds. The number of benzene rings is 1. The second-order valence-electron chi connectivity index (χ2n) is 3.31. The van der Waals surface area contributed by atoms with Crippen molar-refractivity contribution in [2.45, 2.75) is 25.2 Å². The summed E-state index contributed by atoms with van der Waals surface area (Å²) in [5.41, 5.74) is 0.867. The molecule has 0 unspecified atom stereocenters. The first-order valence-electron chi connectivity index (χ1n) is 4.73. The molecule has 1 N–H and O–H groups in total. The summed E-state index contributed by atoms with van der Waals surface area (Å²) in [7, 11) is -3.40. The van der Waals surface area contributed by atoms with Gasteiger partial charge < -0.3 is 0 Å². The Bertz CT molecular complexity index is 443. The summed E-state index contributed by atoms with van der Waals surface area (Å²) in [6.07, 6.45) is 0.763. The third-order valence-electron chi connectivity index (χ3n) is 2.00. The van der Waals surface area contributed by atoms with Gasteiger partial charge in [-0.15, -0.1) is 0 Å². The normalized spacial score (nSPS) is 11.7. The minimum absolute atomic E-state index is 0.214. The summed E-state index contributed by atoms with van der Waals surface area (Å²) < 4.78 is 25.9. The van der Waals surface area contributed by atoms with Crippen LogP contribution in [-0.4, -0.2) is 15.0 Å². The van der Waals surface area contributed by atoms with Crippen molar-refractivity contribution in [1.82, 2.24) is 4.72 Å². The summed E-state index contributed by atoms with van der Waals surface area (Å²) in [6, 6.07) is 4.72. The first-order valence-corrected chi connectivity index (χ1v) is 6.59. The van der Waals surface area contributed by atoms with Gasteiger partial charge in [0.05, 0.1) is 4.90 Å². The number of nitrogens with one attached hydrogen (secondary N) is 1. The zero-order chi connectivity index (χ0) is 11.5. The van der Waals surface area contributed by atoms with E-state index in [1.54, 1.807) is 12.1 Å². The Hall–Kier alpha value is -0.580. The molecule has 0 aromatic heterocycles. The van der Waals surface area contributed by atoms with E-state index in [4.69, 9.17) is 11.6 Å². The zero-order valence-corrected chi connectivity index (χ0v) is 10.3. The van der Waals surface area contributed by atoms with Gasteiger partial charge in [0.2, 0.25) is 10.0 Å². The van der Waals surface area contributed by atoms with E-state index < -0.39 is 10.0 Å². The molecule has 0 saturated carbocycles. The van der Waals surface area contributed by atoms with Gasteiger partial charge in [-0.1, -0.05) is 24.6 Å². The molecule has 0 spiro atoms. The van der Waals surface area contributed by atoms with E-state index in [1.165, 1.54) is 6.07 Å². The molecule has 3 nitrogen and oxygen atoms in total. The van der Waals surface area contributed by atoms with Crippen molar-refractivity contribution in [3.05, 3.63) is 28.8 Å². The third-order valence-corrected chi connectivity index (χ3v) is 3.86. The van der Waals surface area contributed by atoms with Crippen molar-refractivity contribution in [1.29, 1.82) is 0 Å². The summed E-state index contributed by atoms with van der Waals surface area (Å²) in [6.45, 7) is 4.18. The first kappa shape index (κ1) is 12.5. The maximum atomic E-state index is 11.7. The van der Waals surface area contributed by atoms with E-state index in [0.29, 0.717) is 11.6 Å². The van der Waals surface area contributed by atoms with Crippen LogP contribution in [0.15, 0.2) is 23.1 Å². The highest BCUT2D eigenvalue weighted by Gasteiger charge is 2.13. The maximum Gasteiger partial charge on any atom is 0.240 e. The molecule has 1 rings (SSSR count). The molecule has 84 valence electrons. The van der Waals surface area contributed by atoms with Gasteiger partial charge in [0.1, 0.15) is 0 Å². The van der Waals surface area contributed by atoms with Crippen LogP contribution in [0.3, 0.4) is 0 Å². The van der Waals surface area contributed by atoms with Crippen LogP contribution >= 0.6 is 11.6 Å². The highest BCUT2D eigenvalue weighted by molar-refractivity contribution is 7.89. The maximum absolute atomic E-state index is 11.7. The van der Waals surface area contributed by atoms with Gasteiger partial charge in [0.25, 0.3) is 0 Å². The van der Waals surface area contributed by atoms with E-state index >= 15 is 0 Å². The number of sulfonamides is 1. The molecule has 0 bridgehead atoms. The minimum atomic E-state index is -3.40. The number of aryl methyl sites for hydroxylation is 1. The van der Waals surface area contributed by atoms with Crippen molar-refractivity contribution in [2.24, 2.45) is 0 Å². The lowest BCUT2D eigenvalue weighted by Crippen LogP contribution is -2.24. The molecule has 0 aliphatic heterocycles. The molecule has 1 aromatic carbocycles. The molecule has 1 aromatic rings. The Labute approximate surface area is 95.5 Å². The SMILES string of the molecule is CCCNS(=O)(=O)c1ccc(C)c(Cl)c1. The van der Waals surface area contributed by atoms with Crippen molar-refractivity contribution < 1.29 is 8.42 Å². The monoisotopic (exact) mass is 247 g/mol. The number of hydrogen-bond acceptors (Lipinski definition) is 2. The molecule has 15 heavy (non-hydrogen) atoms. The Morgan fingerprint density at radius 3 is 2.60 bits per heavy atom. The average Bonchev–Trinajstić information content (AvgIpc) is 2.19. The smallest absolute Gasteiger partial charge is 0.211 e. The van der Waals surface area contributed by atoms with Crippen molar-refractivity contribution in [2.75, 3.05) is 6.54 Å². The molecule has 0 radical (unpaired) electrons. The van der Waals surface area contributed by atoms with Crippen molar-refractivity contribution in [3.63, 3.8) is 0 Å². The fraction of sp³-hybridized carbons (Fsp3) is 0.400. The quantitative estimate of drug-likeness (QED) is 0.888. The lowest BCUT2D eigenvalue weighted by Gasteiger charge is -2.06. The van der Waals surface area contributed by atoms with Crippen LogP contribution in [0.5, 0.6) is 0 Å². The first-order chi connectivity index (χ1) is 6.97. The molecule has 0 atom stereocenters. The van der Waals surface area contributed by atoms with Gasteiger partial charge in [0, 0.05) is 11.6 Å². The lowest BCUT2D eigenvalue weighted by atomic mass is 10.2. The fourth-order valence-electron chi connectivity index (χ4n) is 1.06. The predicted octanol–water partition coefficient (Wildman–Crippen LogP) is 2.34. The summed E-state index contributed by atoms with van der Waals surface area (Å²) in [4.78, 5) is 0.214. The molecule has 0 fully saturated rings. The van der Waals surface area contributed by atoms with Crippen LogP contribution < -0.4 is 4.72 Å². The van der Waals surface area contributed by atoms with Crippen LogP contribution in [0.25, 0.3) is 0 Å². The van der Waals surface area contributed by atoms with Gasteiger partial charge in [-0.05, 0) is 31.0 Å². The van der Waals surface area contributed by atoms with Gasteiger partial charge >= 0.3 is 0 Å².